The number of nitrogens with zero attached hydrogens (tertiary/aromatic N) is 1. The Morgan fingerprint density at radius 2 is 2.05 bits per heavy atom. The van der Waals surface area contributed by atoms with E-state index >= 15 is 0 Å². The molecule has 0 fully saturated rings. The van der Waals surface area contributed by atoms with Crippen molar-refractivity contribution in [2.24, 2.45) is 5.84 Å². The summed E-state index contributed by atoms with van der Waals surface area (Å²) in [5.74, 6) is 3.75. The highest BCUT2D eigenvalue weighted by molar-refractivity contribution is 9.10. The number of hydrogen-bond acceptors (Lipinski definition) is 4. The van der Waals surface area contributed by atoms with Gasteiger partial charge in [-0.3, -0.25) is 19.8 Å². The molecule has 1 aliphatic heterocycles. The highest BCUT2D eigenvalue weighted by Gasteiger charge is 2.35. The summed E-state index contributed by atoms with van der Waals surface area (Å²) in [7, 11) is 0. The predicted octanol–water partition coefficient (Wildman–Crippen LogP) is 1.14. The number of ketones is 1. The molecule has 0 bridgehead atoms. The molecular weight excluding hydrogens is 326 g/mol. The highest BCUT2D eigenvalue weighted by Crippen LogP contribution is 2.31. The number of fused-ring (bicyclic) bond motifs is 1. The molecule has 1 aromatic carbocycles. The van der Waals surface area contributed by atoms with Crippen LogP contribution in [-0.2, 0) is 9.59 Å². The van der Waals surface area contributed by atoms with Gasteiger partial charge >= 0.3 is 0 Å². The standard InChI is InChI=1S/C13H14BrN3O3/c14-8-4-5-10-9(7-8)12(19)13(20)17(10)6-2-1-3-11(18)16-15/h4-5,7H,1-3,6,15H2,(H,16,18). The molecule has 0 saturated carbocycles. The van der Waals surface area contributed by atoms with Crippen LogP contribution in [0.25, 0.3) is 0 Å². The summed E-state index contributed by atoms with van der Waals surface area (Å²) in [6.07, 6.45) is 1.54. The van der Waals surface area contributed by atoms with Crippen LogP contribution < -0.4 is 16.2 Å². The normalized spacial score (nSPS) is 13.6. The van der Waals surface area contributed by atoms with Gasteiger partial charge in [-0.2, -0.15) is 0 Å². The molecular formula is C13H14BrN3O3. The number of Topliss-reactive ketones (excluding diaryl/α,β-unsaturated/α-hetero) is 1. The van der Waals surface area contributed by atoms with Crippen molar-refractivity contribution < 1.29 is 14.4 Å². The van der Waals surface area contributed by atoms with Gasteiger partial charge in [0.2, 0.25) is 5.91 Å². The van der Waals surface area contributed by atoms with E-state index in [1.54, 1.807) is 18.2 Å². The van der Waals surface area contributed by atoms with E-state index in [-0.39, 0.29) is 5.91 Å². The Morgan fingerprint density at radius 3 is 2.75 bits per heavy atom. The molecule has 7 heteroatoms. The zero-order valence-corrected chi connectivity index (χ0v) is 12.3. The molecule has 0 unspecified atom stereocenters. The van der Waals surface area contributed by atoms with Crippen molar-refractivity contribution in [3.63, 3.8) is 0 Å². The number of hydrazine groups is 1. The molecule has 0 aromatic heterocycles. The van der Waals surface area contributed by atoms with E-state index in [9.17, 15) is 14.4 Å². The number of anilines is 1. The lowest BCUT2D eigenvalue weighted by atomic mass is 10.1. The third-order valence-corrected chi connectivity index (χ3v) is 3.62. The maximum Gasteiger partial charge on any atom is 0.299 e. The van der Waals surface area contributed by atoms with Crippen LogP contribution in [-0.4, -0.2) is 24.1 Å². The Hall–Kier alpha value is -1.73. The topological polar surface area (TPSA) is 92.5 Å². The molecule has 1 aromatic rings. The van der Waals surface area contributed by atoms with E-state index in [2.05, 4.69) is 21.4 Å². The molecule has 0 radical (unpaired) electrons. The molecule has 0 atom stereocenters. The fourth-order valence-electron chi connectivity index (χ4n) is 2.12. The van der Waals surface area contributed by atoms with Crippen LogP contribution in [0.3, 0.4) is 0 Å². The van der Waals surface area contributed by atoms with Crippen LogP contribution in [0.5, 0.6) is 0 Å². The molecule has 0 aliphatic carbocycles. The van der Waals surface area contributed by atoms with Gasteiger partial charge in [0.05, 0.1) is 11.3 Å². The Kier molecular flexibility index (Phi) is 4.51. The van der Waals surface area contributed by atoms with Crippen molar-refractivity contribution >= 4 is 39.2 Å². The maximum absolute atomic E-state index is 11.9. The molecule has 1 aliphatic rings. The van der Waals surface area contributed by atoms with Crippen molar-refractivity contribution in [2.75, 3.05) is 11.4 Å². The number of amides is 2. The Morgan fingerprint density at radius 1 is 1.30 bits per heavy atom. The smallest absolute Gasteiger partial charge is 0.299 e. The van der Waals surface area contributed by atoms with Crippen LogP contribution in [0.1, 0.15) is 29.6 Å². The number of benzene rings is 1. The van der Waals surface area contributed by atoms with Crippen LogP contribution in [0.4, 0.5) is 5.69 Å². The molecule has 106 valence electrons. The first-order valence-corrected chi connectivity index (χ1v) is 6.99. The number of nitrogens with two attached hydrogens (primary N) is 1. The van der Waals surface area contributed by atoms with Crippen molar-refractivity contribution in [1.82, 2.24) is 5.43 Å². The predicted molar refractivity (Wildman–Crippen MR) is 77.0 cm³/mol. The summed E-state index contributed by atoms with van der Waals surface area (Å²) < 4.78 is 0.763. The Balaban J connectivity index is 2.01. The minimum atomic E-state index is -0.513. The molecule has 0 saturated heterocycles. The minimum Gasteiger partial charge on any atom is -0.305 e. The lowest BCUT2D eigenvalue weighted by Gasteiger charge is -2.16. The fraction of sp³-hybridized carbons (Fsp3) is 0.308. The van der Waals surface area contributed by atoms with Crippen molar-refractivity contribution in [1.29, 1.82) is 0 Å². The van der Waals surface area contributed by atoms with Crippen LogP contribution in [0, 0.1) is 0 Å². The van der Waals surface area contributed by atoms with E-state index in [1.165, 1.54) is 4.90 Å². The Labute approximate surface area is 124 Å². The number of unbranched alkanes of at least 4 members (excludes halogenated alkanes) is 1. The number of nitrogens with one attached hydrogen (secondary N) is 1. The average molecular weight is 340 g/mol. The second-order valence-electron chi connectivity index (χ2n) is 4.47. The van der Waals surface area contributed by atoms with Crippen LogP contribution in [0.2, 0.25) is 0 Å². The number of hydrogen-bond donors (Lipinski definition) is 2. The van der Waals surface area contributed by atoms with Gasteiger partial charge in [0.25, 0.3) is 11.7 Å². The lowest BCUT2D eigenvalue weighted by Crippen LogP contribution is -2.31. The molecule has 1 heterocycles. The summed E-state index contributed by atoms with van der Waals surface area (Å²) in [5, 5.41) is 0. The summed E-state index contributed by atoms with van der Waals surface area (Å²) in [6.45, 7) is 0.414. The van der Waals surface area contributed by atoms with Gasteiger partial charge in [0.15, 0.2) is 0 Å². The number of carbonyl (C=O) groups is 3. The molecule has 3 N–H and O–H groups in total. The van der Waals surface area contributed by atoms with Gasteiger partial charge in [-0.1, -0.05) is 15.9 Å². The lowest BCUT2D eigenvalue weighted by molar-refractivity contribution is -0.121. The SMILES string of the molecule is NNC(=O)CCCCN1C(=O)C(=O)c2cc(Br)ccc21. The van der Waals surface area contributed by atoms with Gasteiger partial charge in [-0.05, 0) is 31.0 Å². The van der Waals surface area contributed by atoms with E-state index in [4.69, 9.17) is 5.84 Å². The molecule has 2 amide bonds. The molecule has 0 spiro atoms. The third-order valence-electron chi connectivity index (χ3n) is 3.13. The first kappa shape index (κ1) is 14.7. The largest absolute Gasteiger partial charge is 0.305 e. The van der Waals surface area contributed by atoms with Gasteiger partial charge in [0, 0.05) is 17.4 Å². The summed E-state index contributed by atoms with van der Waals surface area (Å²) >= 11 is 3.28. The Bertz CT molecular complexity index is 574. The van der Waals surface area contributed by atoms with Crippen molar-refractivity contribution in [2.45, 2.75) is 19.3 Å². The van der Waals surface area contributed by atoms with E-state index < -0.39 is 11.7 Å². The van der Waals surface area contributed by atoms with Crippen LogP contribution in [0.15, 0.2) is 22.7 Å². The number of rotatable bonds is 5. The second-order valence-corrected chi connectivity index (χ2v) is 5.39. The number of carbonyl (C=O) groups excluding carboxylic acids is 3. The first-order valence-electron chi connectivity index (χ1n) is 6.20. The van der Waals surface area contributed by atoms with Gasteiger partial charge in [-0.25, -0.2) is 5.84 Å². The monoisotopic (exact) mass is 339 g/mol. The average Bonchev–Trinajstić information content (AvgIpc) is 2.67. The van der Waals surface area contributed by atoms with Gasteiger partial charge in [-0.15, -0.1) is 0 Å². The van der Waals surface area contributed by atoms with Crippen molar-refractivity contribution in [3.05, 3.63) is 28.2 Å². The molecule has 20 heavy (non-hydrogen) atoms. The van der Waals surface area contributed by atoms with E-state index in [1.807, 2.05) is 0 Å². The van der Waals surface area contributed by atoms with E-state index in [0.29, 0.717) is 37.1 Å². The third kappa shape index (κ3) is 2.88. The first-order chi connectivity index (χ1) is 9.54. The van der Waals surface area contributed by atoms with Gasteiger partial charge in [0.1, 0.15) is 0 Å². The summed E-state index contributed by atoms with van der Waals surface area (Å²) in [5.41, 5.74) is 3.10. The molecule has 6 nitrogen and oxygen atoms in total. The summed E-state index contributed by atoms with van der Waals surface area (Å²) in [4.78, 5) is 36.2. The zero-order chi connectivity index (χ0) is 14.7. The maximum atomic E-state index is 11.9. The number of halogens is 1. The minimum absolute atomic E-state index is 0.238. The fourth-order valence-corrected chi connectivity index (χ4v) is 2.48. The summed E-state index contributed by atoms with van der Waals surface area (Å²) in [6, 6.07) is 5.19. The molecule has 2 rings (SSSR count). The van der Waals surface area contributed by atoms with E-state index in [0.717, 1.165) is 4.47 Å². The highest BCUT2D eigenvalue weighted by atomic mass is 79.9. The zero-order valence-electron chi connectivity index (χ0n) is 10.7. The van der Waals surface area contributed by atoms with Crippen molar-refractivity contribution in [3.8, 4) is 0 Å². The van der Waals surface area contributed by atoms with Gasteiger partial charge < -0.3 is 4.90 Å². The van der Waals surface area contributed by atoms with Crippen LogP contribution >= 0.6 is 15.9 Å². The quantitative estimate of drug-likeness (QED) is 0.276. The second kappa shape index (κ2) is 6.15.